The fourth-order valence-electron chi connectivity index (χ4n) is 1.52. The molecule has 0 aliphatic carbocycles. The van der Waals surface area contributed by atoms with E-state index in [-0.39, 0.29) is 0 Å². The first kappa shape index (κ1) is 11.0. The highest BCUT2D eigenvalue weighted by Gasteiger charge is 2.08. The third-order valence-corrected chi connectivity index (χ3v) is 2.54. The third-order valence-electron chi connectivity index (χ3n) is 2.33. The van der Waals surface area contributed by atoms with Crippen LogP contribution in [-0.2, 0) is 6.54 Å². The number of anilines is 1. The van der Waals surface area contributed by atoms with E-state index in [9.17, 15) is 0 Å². The predicted octanol–water partition coefficient (Wildman–Crippen LogP) is 3.35. The number of hydrogen-bond acceptors (Lipinski definition) is 3. The summed E-state index contributed by atoms with van der Waals surface area (Å²) in [4.78, 5) is 6.38. The van der Waals surface area contributed by atoms with Gasteiger partial charge in [0.25, 0.3) is 0 Å². The number of nitrogens with zero attached hydrogens (tertiary/aromatic N) is 2. The second kappa shape index (κ2) is 5.03. The molecule has 0 aliphatic heterocycles. The Labute approximate surface area is 99.7 Å². The van der Waals surface area contributed by atoms with Crippen molar-refractivity contribution in [3.8, 4) is 0 Å². The number of aromatic nitrogens is 1. The minimum atomic E-state index is 0.510. The second-order valence-corrected chi connectivity index (χ2v) is 3.80. The maximum Gasteiger partial charge on any atom is 0.131 e. The zero-order chi connectivity index (χ0) is 11.4. The van der Waals surface area contributed by atoms with Crippen LogP contribution in [0.5, 0.6) is 0 Å². The molecule has 2 aromatic heterocycles. The van der Waals surface area contributed by atoms with Crippen molar-refractivity contribution >= 4 is 17.4 Å². The fourth-order valence-corrected chi connectivity index (χ4v) is 1.68. The van der Waals surface area contributed by atoms with Gasteiger partial charge in [-0.05, 0) is 31.2 Å². The second-order valence-electron chi connectivity index (χ2n) is 3.41. The molecule has 2 rings (SSSR count). The van der Waals surface area contributed by atoms with E-state index in [1.54, 1.807) is 12.3 Å². The summed E-state index contributed by atoms with van der Waals surface area (Å²) in [6, 6.07) is 9.45. The summed E-state index contributed by atoms with van der Waals surface area (Å²) in [5.74, 6) is 1.79. The quantitative estimate of drug-likeness (QED) is 0.763. The number of hydrogen-bond donors (Lipinski definition) is 0. The molecule has 16 heavy (non-hydrogen) atoms. The van der Waals surface area contributed by atoms with Crippen LogP contribution in [0.4, 0.5) is 5.82 Å². The minimum absolute atomic E-state index is 0.510. The van der Waals surface area contributed by atoms with Crippen LogP contribution in [0.1, 0.15) is 12.7 Å². The van der Waals surface area contributed by atoms with E-state index in [1.165, 1.54) is 0 Å². The Morgan fingerprint density at radius 1 is 1.31 bits per heavy atom. The summed E-state index contributed by atoms with van der Waals surface area (Å²) < 4.78 is 5.32. The monoisotopic (exact) mass is 236 g/mol. The molecule has 4 heteroatoms. The van der Waals surface area contributed by atoms with Gasteiger partial charge in [-0.3, -0.25) is 0 Å². The van der Waals surface area contributed by atoms with Gasteiger partial charge in [0.1, 0.15) is 16.7 Å². The van der Waals surface area contributed by atoms with Gasteiger partial charge < -0.3 is 9.32 Å². The lowest BCUT2D eigenvalue weighted by atomic mass is 10.3. The van der Waals surface area contributed by atoms with Crippen molar-refractivity contribution < 1.29 is 4.42 Å². The molecule has 0 aliphatic rings. The van der Waals surface area contributed by atoms with E-state index in [0.717, 1.165) is 18.1 Å². The molecule has 3 nitrogen and oxygen atoms in total. The van der Waals surface area contributed by atoms with Crippen LogP contribution in [0.2, 0.25) is 5.15 Å². The maximum atomic E-state index is 5.87. The SMILES string of the molecule is CCN(Cc1ccco1)c1cccc(Cl)n1. The lowest BCUT2D eigenvalue weighted by molar-refractivity contribution is 0.503. The average Bonchev–Trinajstić information content (AvgIpc) is 2.78. The zero-order valence-corrected chi connectivity index (χ0v) is 9.81. The van der Waals surface area contributed by atoms with Crippen molar-refractivity contribution in [1.29, 1.82) is 0 Å². The van der Waals surface area contributed by atoms with E-state index < -0.39 is 0 Å². The number of pyridine rings is 1. The minimum Gasteiger partial charge on any atom is -0.467 e. The van der Waals surface area contributed by atoms with Crippen molar-refractivity contribution in [1.82, 2.24) is 4.98 Å². The topological polar surface area (TPSA) is 29.3 Å². The van der Waals surface area contributed by atoms with Crippen LogP contribution in [0.3, 0.4) is 0 Å². The summed E-state index contributed by atoms with van der Waals surface area (Å²) in [5.41, 5.74) is 0. The predicted molar refractivity (Wildman–Crippen MR) is 64.7 cm³/mol. The van der Waals surface area contributed by atoms with Gasteiger partial charge in [0, 0.05) is 6.54 Å². The van der Waals surface area contributed by atoms with Crippen LogP contribution in [0.25, 0.3) is 0 Å². The van der Waals surface area contributed by atoms with Crippen molar-refractivity contribution in [2.75, 3.05) is 11.4 Å². The van der Waals surface area contributed by atoms with Crippen LogP contribution < -0.4 is 4.90 Å². The zero-order valence-electron chi connectivity index (χ0n) is 9.06. The lowest BCUT2D eigenvalue weighted by Gasteiger charge is -2.20. The van der Waals surface area contributed by atoms with Gasteiger partial charge in [-0.25, -0.2) is 4.98 Å². The highest BCUT2D eigenvalue weighted by Crippen LogP contribution is 2.17. The van der Waals surface area contributed by atoms with E-state index in [1.807, 2.05) is 24.3 Å². The molecule has 0 radical (unpaired) electrons. The van der Waals surface area contributed by atoms with Crippen LogP contribution in [0, 0.1) is 0 Å². The first-order valence-electron chi connectivity index (χ1n) is 5.19. The van der Waals surface area contributed by atoms with E-state index in [4.69, 9.17) is 16.0 Å². The lowest BCUT2D eigenvalue weighted by Crippen LogP contribution is -2.22. The van der Waals surface area contributed by atoms with E-state index >= 15 is 0 Å². The molecule has 0 spiro atoms. The van der Waals surface area contributed by atoms with Crippen molar-refractivity contribution in [2.45, 2.75) is 13.5 Å². The molecule has 0 aromatic carbocycles. The van der Waals surface area contributed by atoms with Gasteiger partial charge in [-0.15, -0.1) is 0 Å². The normalized spacial score (nSPS) is 10.4. The molecule has 0 atom stereocenters. The van der Waals surface area contributed by atoms with Gasteiger partial charge in [0.2, 0.25) is 0 Å². The number of furan rings is 1. The smallest absolute Gasteiger partial charge is 0.131 e. The molecular weight excluding hydrogens is 224 g/mol. The standard InChI is InChI=1S/C12H13ClN2O/c1-2-15(9-10-5-4-8-16-10)12-7-3-6-11(13)14-12/h3-8H,2,9H2,1H3. The molecule has 0 amide bonds. The Morgan fingerprint density at radius 2 is 2.19 bits per heavy atom. The van der Waals surface area contributed by atoms with Gasteiger partial charge in [-0.2, -0.15) is 0 Å². The Morgan fingerprint density at radius 3 is 2.81 bits per heavy atom. The summed E-state index contributed by atoms with van der Waals surface area (Å²) in [6.07, 6.45) is 1.68. The maximum absolute atomic E-state index is 5.87. The highest BCUT2D eigenvalue weighted by atomic mass is 35.5. The molecule has 0 bridgehead atoms. The first-order chi connectivity index (χ1) is 7.79. The number of rotatable bonds is 4. The molecule has 84 valence electrons. The Bertz CT molecular complexity index is 442. The molecule has 2 heterocycles. The molecule has 0 unspecified atom stereocenters. The molecule has 0 fully saturated rings. The van der Waals surface area contributed by atoms with Crippen molar-refractivity contribution in [2.24, 2.45) is 0 Å². The van der Waals surface area contributed by atoms with Crippen LogP contribution >= 0.6 is 11.6 Å². The van der Waals surface area contributed by atoms with Crippen molar-refractivity contribution in [3.63, 3.8) is 0 Å². The third kappa shape index (κ3) is 2.55. The van der Waals surface area contributed by atoms with Gasteiger partial charge in [0.05, 0.1) is 12.8 Å². The van der Waals surface area contributed by atoms with Gasteiger partial charge in [-0.1, -0.05) is 17.7 Å². The summed E-state index contributed by atoms with van der Waals surface area (Å²) >= 11 is 5.87. The summed E-state index contributed by atoms with van der Waals surface area (Å²) in [7, 11) is 0. The molecule has 2 aromatic rings. The molecule has 0 saturated carbocycles. The molecular formula is C12H13ClN2O. The highest BCUT2D eigenvalue weighted by molar-refractivity contribution is 6.29. The van der Waals surface area contributed by atoms with Crippen LogP contribution in [0.15, 0.2) is 41.0 Å². The average molecular weight is 237 g/mol. The fraction of sp³-hybridized carbons (Fsp3) is 0.250. The Hall–Kier alpha value is -1.48. The van der Waals surface area contributed by atoms with Crippen LogP contribution in [-0.4, -0.2) is 11.5 Å². The summed E-state index contributed by atoms with van der Waals surface area (Å²) in [5, 5.41) is 0.510. The number of halogens is 1. The molecule has 0 N–H and O–H groups in total. The van der Waals surface area contributed by atoms with E-state index in [2.05, 4.69) is 16.8 Å². The Balaban J connectivity index is 2.16. The first-order valence-corrected chi connectivity index (χ1v) is 5.57. The van der Waals surface area contributed by atoms with E-state index in [0.29, 0.717) is 11.7 Å². The largest absolute Gasteiger partial charge is 0.467 e. The van der Waals surface area contributed by atoms with Gasteiger partial charge >= 0.3 is 0 Å². The molecule has 0 saturated heterocycles. The van der Waals surface area contributed by atoms with Gasteiger partial charge in [0.15, 0.2) is 0 Å². The Kier molecular flexibility index (Phi) is 3.47. The summed E-state index contributed by atoms with van der Waals surface area (Å²) in [6.45, 7) is 3.64. The van der Waals surface area contributed by atoms with Crippen molar-refractivity contribution in [3.05, 3.63) is 47.5 Å².